The van der Waals surface area contributed by atoms with Gasteiger partial charge in [-0.1, -0.05) is 23.2 Å². The average molecular weight is 478 g/mol. The van der Waals surface area contributed by atoms with Crippen molar-refractivity contribution in [1.29, 1.82) is 0 Å². The predicted octanol–water partition coefficient (Wildman–Crippen LogP) is 5.75. The number of carbonyl (C=O) groups is 2. The lowest BCUT2D eigenvalue weighted by Crippen LogP contribution is -2.41. The zero-order chi connectivity index (χ0) is 22.0. The number of nitrogens with one attached hydrogen (secondary N) is 1. The van der Waals surface area contributed by atoms with Gasteiger partial charge < -0.3 is 10.2 Å². The lowest BCUT2D eigenvalue weighted by Gasteiger charge is -2.31. The monoisotopic (exact) mass is 477 g/mol. The molecule has 5 nitrogen and oxygen atoms in total. The van der Waals surface area contributed by atoms with E-state index < -0.39 is 0 Å². The average Bonchev–Trinajstić information content (AvgIpc) is 3.23. The van der Waals surface area contributed by atoms with Crippen LogP contribution in [0.25, 0.3) is 11.3 Å². The fourth-order valence-corrected chi connectivity index (χ4v) is 4.58. The van der Waals surface area contributed by atoms with Gasteiger partial charge >= 0.3 is 0 Å². The summed E-state index contributed by atoms with van der Waals surface area (Å²) >= 11 is 13.6. The predicted molar refractivity (Wildman–Crippen MR) is 121 cm³/mol. The van der Waals surface area contributed by atoms with Crippen LogP contribution in [0.5, 0.6) is 0 Å². The molecule has 160 valence electrons. The fraction of sp³-hybridized carbons (Fsp3) is 0.227. The molecule has 2 aromatic carbocycles. The molecule has 1 aliphatic heterocycles. The third kappa shape index (κ3) is 5.06. The highest BCUT2D eigenvalue weighted by atomic mass is 35.5. The highest BCUT2D eigenvalue weighted by Gasteiger charge is 2.28. The number of aromatic nitrogens is 1. The Kier molecular flexibility index (Phi) is 6.55. The molecular formula is C22H18Cl2FN3O2S. The summed E-state index contributed by atoms with van der Waals surface area (Å²) in [6.07, 6.45) is 1.11. The Morgan fingerprint density at radius 3 is 2.52 bits per heavy atom. The van der Waals surface area contributed by atoms with Crippen molar-refractivity contribution in [3.8, 4) is 11.3 Å². The van der Waals surface area contributed by atoms with Gasteiger partial charge in [-0.25, -0.2) is 9.37 Å². The molecule has 1 N–H and O–H groups in total. The summed E-state index contributed by atoms with van der Waals surface area (Å²) in [6.45, 7) is 0.936. The van der Waals surface area contributed by atoms with Crippen LogP contribution < -0.4 is 5.32 Å². The van der Waals surface area contributed by atoms with Crippen LogP contribution in [0.4, 0.5) is 9.52 Å². The number of anilines is 1. The first-order valence-corrected chi connectivity index (χ1v) is 11.3. The molecule has 0 aliphatic carbocycles. The summed E-state index contributed by atoms with van der Waals surface area (Å²) in [4.78, 5) is 31.4. The van der Waals surface area contributed by atoms with E-state index in [9.17, 15) is 14.0 Å². The second-order valence-corrected chi connectivity index (χ2v) is 8.93. The highest BCUT2D eigenvalue weighted by Crippen LogP contribution is 2.33. The minimum Gasteiger partial charge on any atom is -0.339 e. The molecule has 3 aromatic rings. The smallest absolute Gasteiger partial charge is 0.253 e. The van der Waals surface area contributed by atoms with Crippen LogP contribution in [0, 0.1) is 11.7 Å². The first-order valence-electron chi connectivity index (χ1n) is 9.67. The van der Waals surface area contributed by atoms with E-state index in [1.54, 1.807) is 23.1 Å². The molecule has 0 saturated carbocycles. The Morgan fingerprint density at radius 2 is 1.81 bits per heavy atom. The van der Waals surface area contributed by atoms with E-state index in [2.05, 4.69) is 10.3 Å². The Hall–Kier alpha value is -2.48. The second kappa shape index (κ2) is 9.34. The van der Waals surface area contributed by atoms with E-state index in [1.165, 1.54) is 35.6 Å². The van der Waals surface area contributed by atoms with Crippen LogP contribution in [0.3, 0.4) is 0 Å². The van der Waals surface area contributed by atoms with Crippen LogP contribution in [0.15, 0.2) is 47.8 Å². The molecule has 1 aromatic heterocycles. The third-order valence-corrected chi connectivity index (χ3v) is 6.51. The maximum Gasteiger partial charge on any atom is 0.253 e. The number of thiazole rings is 1. The zero-order valence-electron chi connectivity index (χ0n) is 16.3. The van der Waals surface area contributed by atoms with Gasteiger partial charge in [0.2, 0.25) is 5.91 Å². The van der Waals surface area contributed by atoms with E-state index in [0.29, 0.717) is 57.9 Å². The minimum atomic E-state index is -0.380. The van der Waals surface area contributed by atoms with E-state index in [-0.39, 0.29) is 23.5 Å². The summed E-state index contributed by atoms with van der Waals surface area (Å²) in [7, 11) is 0. The van der Waals surface area contributed by atoms with Crippen molar-refractivity contribution in [2.24, 2.45) is 5.92 Å². The standard InChI is InChI=1S/C22H18Cl2FN3O2S/c23-15-3-6-18(24)17(11-15)19-12-31-22(26-19)27-20(29)13-7-9-28(10-8-13)21(30)14-1-4-16(25)5-2-14/h1-6,11-13H,7-10H2,(H,26,27,29). The van der Waals surface area contributed by atoms with Crippen molar-refractivity contribution in [2.45, 2.75) is 12.8 Å². The van der Waals surface area contributed by atoms with Gasteiger partial charge in [0.25, 0.3) is 5.91 Å². The molecule has 1 fully saturated rings. The van der Waals surface area contributed by atoms with Crippen LogP contribution >= 0.6 is 34.5 Å². The van der Waals surface area contributed by atoms with Gasteiger partial charge in [0.15, 0.2) is 5.13 Å². The number of carbonyl (C=O) groups excluding carboxylic acids is 2. The normalized spacial score (nSPS) is 14.5. The number of nitrogens with zero attached hydrogens (tertiary/aromatic N) is 2. The van der Waals surface area contributed by atoms with Gasteiger partial charge in [-0.3, -0.25) is 9.59 Å². The molecule has 1 saturated heterocycles. The topological polar surface area (TPSA) is 62.3 Å². The van der Waals surface area contributed by atoms with Gasteiger partial charge in [0.05, 0.1) is 10.7 Å². The van der Waals surface area contributed by atoms with Crippen molar-refractivity contribution in [2.75, 3.05) is 18.4 Å². The first-order chi connectivity index (χ1) is 14.9. The summed E-state index contributed by atoms with van der Waals surface area (Å²) in [5.74, 6) is -0.858. The Labute approximate surface area is 192 Å². The molecule has 0 bridgehead atoms. The SMILES string of the molecule is O=C(Nc1nc(-c2cc(Cl)ccc2Cl)cs1)C1CCN(C(=O)c2ccc(F)cc2)CC1. The van der Waals surface area contributed by atoms with E-state index in [4.69, 9.17) is 23.2 Å². The van der Waals surface area contributed by atoms with Crippen molar-refractivity contribution in [1.82, 2.24) is 9.88 Å². The molecule has 4 rings (SSSR count). The maximum atomic E-state index is 13.1. The summed E-state index contributed by atoms with van der Waals surface area (Å²) < 4.78 is 13.1. The van der Waals surface area contributed by atoms with E-state index in [0.717, 1.165) is 0 Å². The number of piperidine rings is 1. The molecular weight excluding hydrogens is 460 g/mol. The summed E-state index contributed by atoms with van der Waals surface area (Å²) in [5.41, 5.74) is 1.80. The lowest BCUT2D eigenvalue weighted by atomic mass is 9.95. The number of likely N-dealkylation sites (tertiary alicyclic amines) is 1. The van der Waals surface area contributed by atoms with Crippen LogP contribution in [-0.2, 0) is 4.79 Å². The van der Waals surface area contributed by atoms with Crippen LogP contribution in [-0.4, -0.2) is 34.8 Å². The molecule has 0 atom stereocenters. The molecule has 0 spiro atoms. The zero-order valence-corrected chi connectivity index (χ0v) is 18.6. The molecule has 0 unspecified atom stereocenters. The van der Waals surface area contributed by atoms with Crippen molar-refractivity contribution in [3.05, 3.63) is 69.3 Å². The Bertz CT molecular complexity index is 1110. The molecule has 9 heteroatoms. The van der Waals surface area contributed by atoms with Crippen LogP contribution in [0.2, 0.25) is 10.0 Å². The van der Waals surface area contributed by atoms with Gasteiger partial charge in [0.1, 0.15) is 5.82 Å². The summed E-state index contributed by atoms with van der Waals surface area (Å²) in [5, 5.41) is 6.26. The summed E-state index contributed by atoms with van der Waals surface area (Å²) in [6, 6.07) is 10.6. The fourth-order valence-electron chi connectivity index (χ4n) is 3.48. The molecule has 2 amide bonds. The van der Waals surface area contributed by atoms with E-state index in [1.807, 2.05) is 5.38 Å². The van der Waals surface area contributed by atoms with Gasteiger partial charge in [-0.2, -0.15) is 0 Å². The molecule has 31 heavy (non-hydrogen) atoms. The number of halogens is 3. The minimum absolute atomic E-state index is 0.119. The first kappa shape index (κ1) is 21.7. The lowest BCUT2D eigenvalue weighted by molar-refractivity contribution is -0.121. The molecule has 0 radical (unpaired) electrons. The third-order valence-electron chi connectivity index (χ3n) is 5.18. The highest BCUT2D eigenvalue weighted by molar-refractivity contribution is 7.14. The van der Waals surface area contributed by atoms with Crippen molar-refractivity contribution in [3.63, 3.8) is 0 Å². The van der Waals surface area contributed by atoms with E-state index >= 15 is 0 Å². The molecule has 1 aliphatic rings. The van der Waals surface area contributed by atoms with Crippen molar-refractivity contribution < 1.29 is 14.0 Å². The van der Waals surface area contributed by atoms with Crippen LogP contribution in [0.1, 0.15) is 23.2 Å². The second-order valence-electron chi connectivity index (χ2n) is 7.22. The largest absolute Gasteiger partial charge is 0.339 e. The maximum absolute atomic E-state index is 13.1. The molecule has 2 heterocycles. The number of hydrogen-bond acceptors (Lipinski definition) is 4. The Balaban J connectivity index is 1.34. The number of rotatable bonds is 4. The number of hydrogen-bond donors (Lipinski definition) is 1. The van der Waals surface area contributed by atoms with Gasteiger partial charge in [-0.05, 0) is 55.3 Å². The van der Waals surface area contributed by atoms with Crippen molar-refractivity contribution >= 4 is 51.5 Å². The van der Waals surface area contributed by atoms with Gasteiger partial charge in [0, 0.05) is 40.5 Å². The number of amides is 2. The van der Waals surface area contributed by atoms with Gasteiger partial charge in [-0.15, -0.1) is 11.3 Å². The number of benzene rings is 2. The quantitative estimate of drug-likeness (QED) is 0.520. The Morgan fingerprint density at radius 1 is 1.10 bits per heavy atom.